The van der Waals surface area contributed by atoms with E-state index in [0.29, 0.717) is 25.6 Å². The molecule has 0 aromatic carbocycles. The Morgan fingerprint density at radius 1 is 1.32 bits per heavy atom. The van der Waals surface area contributed by atoms with Crippen molar-refractivity contribution in [1.82, 2.24) is 9.80 Å². The van der Waals surface area contributed by atoms with Gasteiger partial charge in [0.25, 0.3) is 0 Å². The molecule has 0 unspecified atom stereocenters. The van der Waals surface area contributed by atoms with Crippen molar-refractivity contribution in [3.63, 3.8) is 0 Å². The third kappa shape index (κ3) is 3.56. The van der Waals surface area contributed by atoms with Gasteiger partial charge in [-0.3, -0.25) is 9.69 Å². The number of carbonyl (C=O) groups excluding carboxylic acids is 2. The van der Waals surface area contributed by atoms with Crippen LogP contribution in [0.5, 0.6) is 0 Å². The van der Waals surface area contributed by atoms with Gasteiger partial charge in [-0.05, 0) is 37.5 Å². The van der Waals surface area contributed by atoms with Crippen molar-refractivity contribution in [1.29, 1.82) is 0 Å². The number of fused-ring (bicyclic) bond motifs is 2. The first-order valence-electron chi connectivity index (χ1n) is 11.0. The van der Waals surface area contributed by atoms with Crippen LogP contribution in [0, 0.1) is 23.2 Å². The molecule has 0 aromatic heterocycles. The van der Waals surface area contributed by atoms with Gasteiger partial charge >= 0.3 is 12.1 Å². The Morgan fingerprint density at radius 3 is 2.79 bits per heavy atom. The van der Waals surface area contributed by atoms with Gasteiger partial charge in [-0.25, -0.2) is 4.79 Å². The summed E-state index contributed by atoms with van der Waals surface area (Å²) in [6, 6.07) is 0. The minimum absolute atomic E-state index is 0.0328. The largest absolute Gasteiger partial charge is 0.461 e. The summed E-state index contributed by atoms with van der Waals surface area (Å²) >= 11 is 0. The smallest absolute Gasteiger partial charge is 0.409 e. The molecule has 3 fully saturated rings. The zero-order valence-corrected chi connectivity index (χ0v) is 17.5. The van der Waals surface area contributed by atoms with Crippen LogP contribution < -0.4 is 0 Å². The van der Waals surface area contributed by atoms with Gasteiger partial charge in [0.1, 0.15) is 6.10 Å². The van der Waals surface area contributed by atoms with Crippen LogP contribution in [0.2, 0.25) is 0 Å². The number of nitrogens with zero attached hydrogens (tertiary/aromatic N) is 2. The second-order valence-electron chi connectivity index (χ2n) is 9.33. The first kappa shape index (κ1) is 19.7. The molecule has 0 aromatic rings. The van der Waals surface area contributed by atoms with Crippen molar-refractivity contribution in [3.05, 3.63) is 11.6 Å². The highest BCUT2D eigenvalue weighted by atomic mass is 16.6. The maximum atomic E-state index is 12.7. The summed E-state index contributed by atoms with van der Waals surface area (Å²) in [6.45, 7) is 10.5. The highest BCUT2D eigenvalue weighted by molar-refractivity contribution is 5.76. The average molecular weight is 391 g/mol. The first-order chi connectivity index (χ1) is 13.4. The molecule has 0 bridgehead atoms. The SMILES string of the molecule is CCOC(=O)N1CCN(C[C@@H]2C(=O)O[C@H]3C[C@@]4(C)CCC[C@@H](C)C4=C[C@@H]32)CC1. The molecule has 0 spiro atoms. The summed E-state index contributed by atoms with van der Waals surface area (Å²) in [5.41, 5.74) is 1.77. The predicted octanol–water partition coefficient (Wildman–Crippen LogP) is 3.07. The molecule has 0 N–H and O–H groups in total. The van der Waals surface area contributed by atoms with Crippen molar-refractivity contribution >= 4 is 12.1 Å². The fourth-order valence-electron chi connectivity index (χ4n) is 5.86. The first-order valence-corrected chi connectivity index (χ1v) is 11.0. The minimum atomic E-state index is -0.231. The minimum Gasteiger partial charge on any atom is -0.461 e. The third-order valence-electron chi connectivity index (χ3n) is 7.43. The number of allylic oxidation sites excluding steroid dienone is 1. The van der Waals surface area contributed by atoms with Crippen LogP contribution in [0.15, 0.2) is 11.6 Å². The molecule has 2 heterocycles. The molecule has 2 aliphatic heterocycles. The molecule has 28 heavy (non-hydrogen) atoms. The topological polar surface area (TPSA) is 59.1 Å². The number of esters is 1. The van der Waals surface area contributed by atoms with Crippen LogP contribution in [0.25, 0.3) is 0 Å². The quantitative estimate of drug-likeness (QED) is 0.547. The normalized spacial score (nSPS) is 38.3. The zero-order chi connectivity index (χ0) is 19.9. The Morgan fingerprint density at radius 2 is 2.07 bits per heavy atom. The van der Waals surface area contributed by atoms with Crippen LogP contribution in [-0.4, -0.2) is 67.3 Å². The van der Waals surface area contributed by atoms with E-state index in [1.807, 2.05) is 6.92 Å². The number of ether oxygens (including phenoxy) is 2. The molecule has 2 saturated heterocycles. The molecular weight excluding hydrogens is 356 g/mol. The summed E-state index contributed by atoms with van der Waals surface area (Å²) in [6.07, 6.45) is 6.95. The van der Waals surface area contributed by atoms with Crippen molar-refractivity contribution in [2.24, 2.45) is 23.2 Å². The third-order valence-corrected chi connectivity index (χ3v) is 7.43. The highest BCUT2D eigenvalue weighted by Crippen LogP contribution is 2.53. The summed E-state index contributed by atoms with van der Waals surface area (Å²) in [4.78, 5) is 28.7. The fourth-order valence-corrected chi connectivity index (χ4v) is 5.86. The van der Waals surface area contributed by atoms with Gasteiger partial charge in [0.15, 0.2) is 0 Å². The molecule has 5 atom stereocenters. The van der Waals surface area contributed by atoms with Crippen LogP contribution in [-0.2, 0) is 14.3 Å². The lowest BCUT2D eigenvalue weighted by molar-refractivity contribution is -0.145. The Hall–Kier alpha value is -1.56. The second kappa shape index (κ2) is 7.69. The van der Waals surface area contributed by atoms with Gasteiger partial charge < -0.3 is 14.4 Å². The monoisotopic (exact) mass is 390 g/mol. The Labute approximate surface area is 168 Å². The molecule has 6 nitrogen and oxygen atoms in total. The van der Waals surface area contributed by atoms with Crippen molar-refractivity contribution in [2.45, 2.75) is 52.6 Å². The zero-order valence-electron chi connectivity index (χ0n) is 17.5. The van der Waals surface area contributed by atoms with Crippen LogP contribution in [0.1, 0.15) is 46.5 Å². The number of hydrogen-bond acceptors (Lipinski definition) is 5. The summed E-state index contributed by atoms with van der Waals surface area (Å²) in [7, 11) is 0. The van der Waals surface area contributed by atoms with Gasteiger partial charge in [0.2, 0.25) is 0 Å². The average Bonchev–Trinajstić information content (AvgIpc) is 2.95. The summed E-state index contributed by atoms with van der Waals surface area (Å²) < 4.78 is 11.0. The molecular formula is C22H34N2O4. The molecule has 1 amide bonds. The predicted molar refractivity (Wildman–Crippen MR) is 106 cm³/mol. The summed E-state index contributed by atoms with van der Waals surface area (Å²) in [5.74, 6) is 0.711. The maximum Gasteiger partial charge on any atom is 0.409 e. The van der Waals surface area contributed by atoms with E-state index in [0.717, 1.165) is 26.1 Å². The molecule has 4 rings (SSSR count). The number of amides is 1. The fraction of sp³-hybridized carbons (Fsp3) is 0.818. The number of piperazine rings is 1. The van der Waals surface area contributed by atoms with Gasteiger partial charge in [-0.15, -0.1) is 0 Å². The van der Waals surface area contributed by atoms with E-state index in [2.05, 4.69) is 24.8 Å². The van der Waals surface area contributed by atoms with E-state index in [-0.39, 0.29) is 35.4 Å². The number of hydrogen-bond donors (Lipinski definition) is 0. The molecule has 156 valence electrons. The van der Waals surface area contributed by atoms with Crippen molar-refractivity contribution in [3.8, 4) is 0 Å². The standard InChI is InChI=1S/C22H34N2O4/c1-4-27-21(26)24-10-8-23(9-11-24)14-17-16-12-18-15(2)6-5-7-22(18,3)13-19(16)28-20(17)25/h12,15-17,19H,4-11,13-14H2,1-3H3/t15-,16-,17+,19+,22-/m1/s1. The van der Waals surface area contributed by atoms with Crippen molar-refractivity contribution in [2.75, 3.05) is 39.3 Å². The van der Waals surface area contributed by atoms with Crippen LogP contribution in [0.3, 0.4) is 0 Å². The van der Waals surface area contributed by atoms with E-state index in [1.54, 1.807) is 10.5 Å². The van der Waals surface area contributed by atoms with Crippen LogP contribution in [0.4, 0.5) is 4.79 Å². The van der Waals surface area contributed by atoms with E-state index in [9.17, 15) is 9.59 Å². The highest BCUT2D eigenvalue weighted by Gasteiger charge is 2.52. The Kier molecular flexibility index (Phi) is 5.43. The molecule has 1 saturated carbocycles. The van der Waals surface area contributed by atoms with E-state index in [4.69, 9.17) is 9.47 Å². The number of carbonyl (C=O) groups is 2. The molecule has 6 heteroatoms. The van der Waals surface area contributed by atoms with Gasteiger partial charge in [-0.1, -0.05) is 31.9 Å². The van der Waals surface area contributed by atoms with Crippen LogP contribution >= 0.6 is 0 Å². The lowest BCUT2D eigenvalue weighted by Crippen LogP contribution is -2.50. The van der Waals surface area contributed by atoms with Gasteiger partial charge in [0, 0.05) is 38.6 Å². The molecule has 4 aliphatic rings. The number of rotatable bonds is 3. The second-order valence-corrected chi connectivity index (χ2v) is 9.33. The van der Waals surface area contributed by atoms with E-state index < -0.39 is 0 Å². The van der Waals surface area contributed by atoms with Crippen molar-refractivity contribution < 1.29 is 19.1 Å². The summed E-state index contributed by atoms with van der Waals surface area (Å²) in [5, 5.41) is 0. The Balaban J connectivity index is 1.42. The van der Waals surface area contributed by atoms with Gasteiger partial charge in [-0.2, -0.15) is 0 Å². The van der Waals surface area contributed by atoms with E-state index >= 15 is 0 Å². The lowest BCUT2D eigenvalue weighted by atomic mass is 9.59. The van der Waals surface area contributed by atoms with Gasteiger partial charge in [0.05, 0.1) is 12.5 Å². The molecule has 0 radical (unpaired) electrons. The molecule has 2 aliphatic carbocycles. The maximum absolute atomic E-state index is 12.7. The lowest BCUT2D eigenvalue weighted by Gasteiger charge is -2.46. The Bertz CT molecular complexity index is 655. The van der Waals surface area contributed by atoms with E-state index in [1.165, 1.54) is 19.3 Å².